The van der Waals surface area contributed by atoms with E-state index in [9.17, 15) is 12.8 Å². The van der Waals surface area contributed by atoms with E-state index >= 15 is 0 Å². The first kappa shape index (κ1) is 25.5. The summed E-state index contributed by atoms with van der Waals surface area (Å²) >= 11 is 0. The molecule has 4 aromatic rings. The van der Waals surface area contributed by atoms with Crippen molar-refractivity contribution in [2.45, 2.75) is 5.03 Å². The second-order valence-corrected chi connectivity index (χ2v) is 9.21. The average molecular weight is 530 g/mol. The average Bonchev–Trinajstić information content (AvgIpc) is 3.33. The quantitative estimate of drug-likeness (QED) is 0.279. The monoisotopic (exact) mass is 529 g/mol. The number of halogens is 1. The van der Waals surface area contributed by atoms with E-state index < -0.39 is 15.8 Å². The fraction of sp³-hybridized carbons (Fsp3) is 0.174. The van der Waals surface area contributed by atoms with Crippen LogP contribution < -0.4 is 29.6 Å². The Bertz CT molecular complexity index is 1500. The zero-order chi connectivity index (χ0) is 26.6. The first-order valence-corrected chi connectivity index (χ1v) is 12.2. The van der Waals surface area contributed by atoms with Gasteiger partial charge in [0.15, 0.2) is 28.2 Å². The number of para-hydroxylation sites is 2. The van der Waals surface area contributed by atoms with Gasteiger partial charge in [0, 0.05) is 31.1 Å². The van der Waals surface area contributed by atoms with Crippen molar-refractivity contribution in [2.24, 2.45) is 7.05 Å². The lowest BCUT2D eigenvalue weighted by atomic mass is 10.2. The van der Waals surface area contributed by atoms with Crippen LogP contribution in [-0.4, -0.2) is 49.3 Å². The number of benzene rings is 2. The van der Waals surface area contributed by atoms with Crippen LogP contribution in [-0.2, 0) is 17.1 Å². The van der Waals surface area contributed by atoms with Gasteiger partial charge in [0.2, 0.25) is 11.7 Å². The molecule has 0 saturated carbocycles. The Morgan fingerprint density at radius 2 is 1.62 bits per heavy atom. The molecule has 0 bridgehead atoms. The molecule has 2 heterocycles. The summed E-state index contributed by atoms with van der Waals surface area (Å²) in [5, 5.41) is 5.63. The molecule has 0 saturated heterocycles. The van der Waals surface area contributed by atoms with Crippen molar-refractivity contribution in [3.63, 3.8) is 0 Å². The predicted octanol–water partition coefficient (Wildman–Crippen LogP) is 3.66. The number of rotatable bonds is 10. The van der Waals surface area contributed by atoms with Crippen molar-refractivity contribution in [2.75, 3.05) is 36.7 Å². The molecule has 2 aromatic heterocycles. The Labute approximate surface area is 212 Å². The van der Waals surface area contributed by atoms with Crippen molar-refractivity contribution >= 4 is 38.9 Å². The van der Waals surface area contributed by atoms with Gasteiger partial charge in [-0.3, -0.25) is 4.72 Å². The number of nitrogens with zero attached hydrogens (tertiary/aromatic N) is 4. The number of imidazole rings is 1. The highest BCUT2D eigenvalue weighted by Gasteiger charge is 2.20. The number of anilines is 5. The van der Waals surface area contributed by atoms with Crippen LogP contribution in [0.5, 0.6) is 17.2 Å². The molecule has 0 spiro atoms. The van der Waals surface area contributed by atoms with E-state index in [1.54, 1.807) is 37.4 Å². The number of aromatic nitrogens is 4. The third-order valence-corrected chi connectivity index (χ3v) is 6.30. The van der Waals surface area contributed by atoms with Gasteiger partial charge in [-0.15, -0.1) is 0 Å². The SMILES string of the molecule is COc1cc(Nc2ncc(F)c(Nc3ccccc3NS(=O)(=O)c3cn(C)cn3)n2)cc(OC)c1OC. The predicted molar refractivity (Wildman–Crippen MR) is 135 cm³/mol. The van der Waals surface area contributed by atoms with E-state index in [0.29, 0.717) is 22.9 Å². The topological polar surface area (TPSA) is 142 Å². The summed E-state index contributed by atoms with van der Waals surface area (Å²) in [7, 11) is 2.13. The highest BCUT2D eigenvalue weighted by molar-refractivity contribution is 7.92. The number of methoxy groups -OCH3 is 3. The molecule has 0 fully saturated rings. The van der Waals surface area contributed by atoms with Gasteiger partial charge in [0.1, 0.15) is 0 Å². The molecule has 0 amide bonds. The number of hydrogen-bond donors (Lipinski definition) is 3. The summed E-state index contributed by atoms with van der Waals surface area (Å²) in [5.41, 5.74) is 0.930. The van der Waals surface area contributed by atoms with Crippen LogP contribution in [0.25, 0.3) is 0 Å². The molecule has 0 radical (unpaired) electrons. The van der Waals surface area contributed by atoms with Gasteiger partial charge in [-0.05, 0) is 12.1 Å². The molecule has 3 N–H and O–H groups in total. The van der Waals surface area contributed by atoms with Crippen LogP contribution in [0.2, 0.25) is 0 Å². The van der Waals surface area contributed by atoms with Gasteiger partial charge in [0.05, 0.1) is 45.2 Å². The largest absolute Gasteiger partial charge is 0.493 e. The van der Waals surface area contributed by atoms with E-state index in [1.165, 1.54) is 44.5 Å². The normalized spacial score (nSPS) is 11.1. The standard InChI is InChI=1S/C23H24FN7O5S/c1-31-12-20(26-13-31)37(32,33)30-17-8-6-5-7-16(17)28-22-15(24)11-25-23(29-22)27-14-9-18(34-2)21(36-4)19(10-14)35-3/h5-13,30H,1-4H3,(H2,25,27,28,29). The Morgan fingerprint density at radius 3 is 2.22 bits per heavy atom. The Morgan fingerprint density at radius 1 is 0.946 bits per heavy atom. The van der Waals surface area contributed by atoms with Gasteiger partial charge in [-0.2, -0.15) is 13.4 Å². The Balaban J connectivity index is 1.61. The summed E-state index contributed by atoms with van der Waals surface area (Å²) < 4.78 is 60.1. The molecule has 12 nitrogen and oxygen atoms in total. The Hall–Kier alpha value is -4.59. The summed E-state index contributed by atoms with van der Waals surface area (Å²) in [6, 6.07) is 9.68. The third kappa shape index (κ3) is 5.64. The molecule has 0 atom stereocenters. The lowest BCUT2D eigenvalue weighted by molar-refractivity contribution is 0.324. The number of aryl methyl sites for hydroxylation is 1. The third-order valence-electron chi connectivity index (χ3n) is 5.05. The number of hydrogen-bond acceptors (Lipinski definition) is 10. The van der Waals surface area contributed by atoms with Gasteiger partial charge in [0.25, 0.3) is 10.0 Å². The van der Waals surface area contributed by atoms with E-state index in [-0.39, 0.29) is 28.2 Å². The highest BCUT2D eigenvalue weighted by Crippen LogP contribution is 2.40. The second-order valence-electron chi connectivity index (χ2n) is 7.58. The van der Waals surface area contributed by atoms with Crippen LogP contribution in [0.15, 0.2) is 60.1 Å². The van der Waals surface area contributed by atoms with Crippen molar-refractivity contribution in [3.8, 4) is 17.2 Å². The van der Waals surface area contributed by atoms with Crippen molar-refractivity contribution in [3.05, 3.63) is 60.9 Å². The second kappa shape index (κ2) is 10.6. The fourth-order valence-corrected chi connectivity index (χ4v) is 4.39. The summed E-state index contributed by atoms with van der Waals surface area (Å²) in [6.45, 7) is 0. The lowest BCUT2D eigenvalue weighted by Gasteiger charge is -2.15. The number of nitrogens with one attached hydrogen (secondary N) is 3. The molecule has 0 aliphatic rings. The maximum absolute atomic E-state index is 14.6. The van der Waals surface area contributed by atoms with Gasteiger partial charge < -0.3 is 29.4 Å². The van der Waals surface area contributed by atoms with Crippen molar-refractivity contribution < 1.29 is 27.0 Å². The van der Waals surface area contributed by atoms with Crippen LogP contribution >= 0.6 is 0 Å². The first-order valence-electron chi connectivity index (χ1n) is 10.7. The molecule has 37 heavy (non-hydrogen) atoms. The first-order chi connectivity index (χ1) is 17.7. The molecule has 194 valence electrons. The van der Waals surface area contributed by atoms with Crippen LogP contribution in [0.1, 0.15) is 0 Å². The number of ether oxygens (including phenoxy) is 3. The van der Waals surface area contributed by atoms with E-state index in [2.05, 4.69) is 30.3 Å². The molecule has 0 unspecified atom stereocenters. The van der Waals surface area contributed by atoms with Gasteiger partial charge >= 0.3 is 0 Å². The Kier molecular flexibility index (Phi) is 7.29. The molecular formula is C23H24FN7O5S. The molecule has 2 aromatic carbocycles. The molecular weight excluding hydrogens is 505 g/mol. The summed E-state index contributed by atoms with van der Waals surface area (Å²) in [4.78, 5) is 12.1. The van der Waals surface area contributed by atoms with E-state index in [4.69, 9.17) is 14.2 Å². The van der Waals surface area contributed by atoms with Gasteiger partial charge in [-0.1, -0.05) is 12.1 Å². The van der Waals surface area contributed by atoms with Crippen LogP contribution in [0, 0.1) is 5.82 Å². The van der Waals surface area contributed by atoms with Crippen LogP contribution in [0.3, 0.4) is 0 Å². The maximum Gasteiger partial charge on any atom is 0.281 e. The molecule has 0 aliphatic carbocycles. The minimum absolute atomic E-state index is 0.0599. The summed E-state index contributed by atoms with van der Waals surface area (Å²) in [6.07, 6.45) is 3.72. The molecule has 14 heteroatoms. The lowest BCUT2D eigenvalue weighted by Crippen LogP contribution is -2.14. The van der Waals surface area contributed by atoms with Gasteiger partial charge in [-0.25, -0.2) is 14.4 Å². The zero-order valence-corrected chi connectivity index (χ0v) is 21.1. The van der Waals surface area contributed by atoms with E-state index in [0.717, 1.165) is 6.20 Å². The van der Waals surface area contributed by atoms with Crippen LogP contribution in [0.4, 0.5) is 33.2 Å². The van der Waals surface area contributed by atoms with Crippen molar-refractivity contribution in [1.82, 2.24) is 19.5 Å². The number of sulfonamides is 1. The smallest absolute Gasteiger partial charge is 0.281 e. The maximum atomic E-state index is 14.6. The van der Waals surface area contributed by atoms with E-state index in [1.807, 2.05) is 0 Å². The summed E-state index contributed by atoms with van der Waals surface area (Å²) in [5.74, 6) is 0.331. The highest BCUT2D eigenvalue weighted by atomic mass is 32.2. The fourth-order valence-electron chi connectivity index (χ4n) is 3.33. The zero-order valence-electron chi connectivity index (χ0n) is 20.3. The minimum Gasteiger partial charge on any atom is -0.493 e. The van der Waals surface area contributed by atoms with Crippen molar-refractivity contribution in [1.29, 1.82) is 0 Å². The molecule has 0 aliphatic heterocycles. The molecule has 4 rings (SSSR count). The minimum atomic E-state index is -3.98.